The van der Waals surface area contributed by atoms with Gasteiger partial charge in [-0.3, -0.25) is 4.72 Å². The van der Waals surface area contributed by atoms with E-state index in [4.69, 9.17) is 4.74 Å². The summed E-state index contributed by atoms with van der Waals surface area (Å²) >= 11 is 0. The van der Waals surface area contributed by atoms with Crippen molar-refractivity contribution in [2.45, 2.75) is 33.8 Å². The van der Waals surface area contributed by atoms with Crippen molar-refractivity contribution in [2.24, 2.45) is 0 Å². The predicted octanol–water partition coefficient (Wildman–Crippen LogP) is 2.66. The van der Waals surface area contributed by atoms with E-state index in [1.54, 1.807) is 22.9 Å². The van der Waals surface area contributed by atoms with Crippen molar-refractivity contribution in [3.8, 4) is 5.69 Å². The van der Waals surface area contributed by atoms with Crippen molar-refractivity contribution in [3.05, 3.63) is 41.7 Å². The van der Waals surface area contributed by atoms with Crippen LogP contribution in [0.4, 0.5) is 5.69 Å². The van der Waals surface area contributed by atoms with Crippen molar-refractivity contribution in [1.82, 2.24) is 9.78 Å². The van der Waals surface area contributed by atoms with Crippen LogP contribution >= 0.6 is 0 Å². The van der Waals surface area contributed by atoms with Gasteiger partial charge in [-0.15, -0.1) is 0 Å². The molecule has 0 aliphatic carbocycles. The average Bonchev–Trinajstić information content (AvgIpc) is 2.76. The van der Waals surface area contributed by atoms with Crippen LogP contribution in [0.25, 0.3) is 5.69 Å². The molecule has 1 aromatic heterocycles. The van der Waals surface area contributed by atoms with Crippen molar-refractivity contribution in [3.63, 3.8) is 0 Å². The molecule has 0 aliphatic heterocycles. The van der Waals surface area contributed by atoms with Crippen molar-refractivity contribution < 1.29 is 13.2 Å². The number of aryl methyl sites for hydroxylation is 2. The summed E-state index contributed by atoms with van der Waals surface area (Å²) in [5.74, 6) is -0.0741. The van der Waals surface area contributed by atoms with E-state index in [9.17, 15) is 8.42 Å². The van der Waals surface area contributed by atoms with E-state index in [0.717, 1.165) is 17.1 Å². The highest BCUT2D eigenvalue weighted by molar-refractivity contribution is 7.92. The largest absolute Gasteiger partial charge is 0.378 e. The molecule has 1 N–H and O–H groups in total. The maximum atomic E-state index is 12.1. The number of rotatable bonds is 7. The topological polar surface area (TPSA) is 73.2 Å². The first-order valence-corrected chi connectivity index (χ1v) is 9.18. The zero-order valence-corrected chi connectivity index (χ0v) is 14.7. The third kappa shape index (κ3) is 5.07. The fraction of sp³-hybridized carbons (Fsp3) is 0.438. The van der Waals surface area contributed by atoms with E-state index in [1.165, 1.54) is 0 Å². The van der Waals surface area contributed by atoms with E-state index < -0.39 is 10.0 Å². The van der Waals surface area contributed by atoms with Crippen LogP contribution in [0, 0.1) is 13.8 Å². The molecule has 0 spiro atoms. The summed E-state index contributed by atoms with van der Waals surface area (Å²) in [6, 6.07) is 9.14. The maximum Gasteiger partial charge on any atom is 0.235 e. The normalized spacial score (nSPS) is 11.9. The van der Waals surface area contributed by atoms with Gasteiger partial charge < -0.3 is 4.74 Å². The fourth-order valence-corrected chi connectivity index (χ4v) is 3.12. The molecule has 0 radical (unpaired) electrons. The standard InChI is InChI=1S/C16H23N3O3S/c1-12(2)22-8-9-23(20,21)18-15-6-5-7-16(11-15)19-14(4)10-13(3)17-19/h5-7,10-12,18H,8-9H2,1-4H3. The van der Waals surface area contributed by atoms with Crippen LogP contribution in [0.3, 0.4) is 0 Å². The van der Waals surface area contributed by atoms with E-state index in [-0.39, 0.29) is 18.5 Å². The first-order chi connectivity index (χ1) is 10.8. The number of nitrogens with zero attached hydrogens (tertiary/aromatic N) is 2. The van der Waals surface area contributed by atoms with Gasteiger partial charge in [-0.05, 0) is 52.0 Å². The molecule has 1 aromatic carbocycles. The number of benzene rings is 1. The van der Waals surface area contributed by atoms with Gasteiger partial charge in [0.1, 0.15) is 0 Å². The summed E-state index contributed by atoms with van der Waals surface area (Å²) in [6.07, 6.45) is 0.0135. The molecule has 1 heterocycles. The zero-order valence-electron chi connectivity index (χ0n) is 13.9. The highest BCUT2D eigenvalue weighted by Gasteiger charge is 2.12. The molecule has 7 heteroatoms. The minimum absolute atomic E-state index is 0.0135. The third-order valence-corrected chi connectivity index (χ3v) is 4.43. The summed E-state index contributed by atoms with van der Waals surface area (Å²) in [7, 11) is -3.44. The Morgan fingerprint density at radius 3 is 2.61 bits per heavy atom. The van der Waals surface area contributed by atoms with Gasteiger partial charge in [0.15, 0.2) is 0 Å². The van der Waals surface area contributed by atoms with Gasteiger partial charge in [-0.1, -0.05) is 6.07 Å². The number of ether oxygens (including phenoxy) is 1. The number of anilines is 1. The number of aromatic nitrogens is 2. The molecule has 2 rings (SSSR count). The molecule has 6 nitrogen and oxygen atoms in total. The van der Waals surface area contributed by atoms with Crippen molar-refractivity contribution >= 4 is 15.7 Å². The summed E-state index contributed by atoms with van der Waals surface area (Å²) in [6.45, 7) is 7.80. The van der Waals surface area contributed by atoms with Gasteiger partial charge in [-0.2, -0.15) is 5.10 Å². The lowest BCUT2D eigenvalue weighted by molar-refractivity contribution is 0.0913. The van der Waals surface area contributed by atoms with Gasteiger partial charge in [0.2, 0.25) is 10.0 Å². The molecular formula is C16H23N3O3S. The Kier molecular flexibility index (Phi) is 5.43. The lowest BCUT2D eigenvalue weighted by Gasteiger charge is -2.11. The fourth-order valence-electron chi connectivity index (χ4n) is 2.22. The Balaban J connectivity index is 2.12. The first-order valence-electron chi connectivity index (χ1n) is 7.52. The van der Waals surface area contributed by atoms with Gasteiger partial charge in [0, 0.05) is 5.69 Å². The van der Waals surface area contributed by atoms with Gasteiger partial charge in [0.25, 0.3) is 0 Å². The maximum absolute atomic E-state index is 12.1. The number of hydrogen-bond donors (Lipinski definition) is 1. The second kappa shape index (κ2) is 7.14. The molecule has 0 amide bonds. The molecule has 0 fully saturated rings. The highest BCUT2D eigenvalue weighted by atomic mass is 32.2. The molecule has 0 bridgehead atoms. The van der Waals surface area contributed by atoms with Crippen molar-refractivity contribution in [2.75, 3.05) is 17.1 Å². The van der Waals surface area contributed by atoms with Crippen LogP contribution in [0.5, 0.6) is 0 Å². The average molecular weight is 337 g/mol. The van der Waals surface area contributed by atoms with Crippen LogP contribution in [-0.2, 0) is 14.8 Å². The molecule has 2 aromatic rings. The SMILES string of the molecule is Cc1cc(C)n(-c2cccc(NS(=O)(=O)CCOC(C)C)c2)n1. The minimum Gasteiger partial charge on any atom is -0.378 e. The Hall–Kier alpha value is -1.86. The second-order valence-corrected chi connectivity index (χ2v) is 7.57. The smallest absolute Gasteiger partial charge is 0.235 e. The Bertz CT molecular complexity index is 767. The monoisotopic (exact) mass is 337 g/mol. The van der Waals surface area contributed by atoms with Crippen molar-refractivity contribution in [1.29, 1.82) is 0 Å². The predicted molar refractivity (Wildman–Crippen MR) is 91.5 cm³/mol. The van der Waals surface area contributed by atoms with Crippen LogP contribution in [0.1, 0.15) is 25.2 Å². The quantitative estimate of drug-likeness (QED) is 0.843. The van der Waals surface area contributed by atoms with E-state index in [1.807, 2.05) is 39.8 Å². The van der Waals surface area contributed by atoms with Crippen LogP contribution in [0.2, 0.25) is 0 Å². The molecule has 0 unspecified atom stereocenters. The summed E-state index contributed by atoms with van der Waals surface area (Å²) in [5.41, 5.74) is 3.24. The summed E-state index contributed by atoms with van der Waals surface area (Å²) in [5, 5.41) is 4.41. The van der Waals surface area contributed by atoms with Gasteiger partial charge in [0.05, 0.1) is 35.5 Å². The molecule has 126 valence electrons. The molecular weight excluding hydrogens is 314 g/mol. The Morgan fingerprint density at radius 2 is 2.00 bits per heavy atom. The first kappa shape index (κ1) is 17.5. The summed E-state index contributed by atoms with van der Waals surface area (Å²) < 4.78 is 33.8. The van der Waals surface area contributed by atoms with E-state index in [0.29, 0.717) is 5.69 Å². The van der Waals surface area contributed by atoms with Crippen LogP contribution < -0.4 is 4.72 Å². The molecule has 23 heavy (non-hydrogen) atoms. The highest BCUT2D eigenvalue weighted by Crippen LogP contribution is 2.17. The number of hydrogen-bond acceptors (Lipinski definition) is 4. The van der Waals surface area contributed by atoms with E-state index >= 15 is 0 Å². The lowest BCUT2D eigenvalue weighted by atomic mass is 10.3. The Morgan fingerprint density at radius 1 is 1.26 bits per heavy atom. The molecule has 0 saturated carbocycles. The molecule has 0 aliphatic rings. The lowest BCUT2D eigenvalue weighted by Crippen LogP contribution is -2.21. The van der Waals surface area contributed by atoms with Gasteiger partial charge >= 0.3 is 0 Å². The van der Waals surface area contributed by atoms with Crippen LogP contribution in [0.15, 0.2) is 30.3 Å². The molecule has 0 saturated heterocycles. The number of sulfonamides is 1. The van der Waals surface area contributed by atoms with Gasteiger partial charge in [-0.25, -0.2) is 13.1 Å². The number of nitrogens with one attached hydrogen (secondary N) is 1. The Labute approximate surface area is 137 Å². The third-order valence-electron chi connectivity index (χ3n) is 3.18. The summed E-state index contributed by atoms with van der Waals surface area (Å²) in [4.78, 5) is 0. The molecule has 0 atom stereocenters. The van der Waals surface area contributed by atoms with E-state index in [2.05, 4.69) is 9.82 Å². The van der Waals surface area contributed by atoms with Crippen LogP contribution in [-0.4, -0.2) is 36.7 Å². The second-order valence-electron chi connectivity index (χ2n) is 5.73. The minimum atomic E-state index is -3.44. The zero-order chi connectivity index (χ0) is 17.0.